The zero-order valence-electron chi connectivity index (χ0n) is 14.4. The Morgan fingerprint density at radius 1 is 0.958 bits per heavy atom. The van der Waals surface area contributed by atoms with E-state index in [0.717, 1.165) is 28.5 Å². The molecule has 3 rings (SSSR count). The van der Waals surface area contributed by atoms with Crippen molar-refractivity contribution in [2.75, 3.05) is 0 Å². The summed E-state index contributed by atoms with van der Waals surface area (Å²) in [4.78, 5) is 0. The lowest BCUT2D eigenvalue weighted by molar-refractivity contribution is 0.483. The SMILES string of the molecule is Cn1nc(C(C)(C)C)cc1-c1cccc(Oc2ccc(Cl)cc2)c1. The van der Waals surface area contributed by atoms with E-state index in [1.165, 1.54) is 0 Å². The van der Waals surface area contributed by atoms with Crippen LogP contribution < -0.4 is 4.74 Å². The first kappa shape index (κ1) is 16.6. The number of hydrogen-bond donors (Lipinski definition) is 0. The van der Waals surface area contributed by atoms with Gasteiger partial charge in [-0.2, -0.15) is 5.10 Å². The molecule has 0 amide bonds. The maximum absolute atomic E-state index is 5.92. The van der Waals surface area contributed by atoms with Gasteiger partial charge >= 0.3 is 0 Å². The summed E-state index contributed by atoms with van der Waals surface area (Å²) in [6.45, 7) is 6.50. The third-order valence-electron chi connectivity index (χ3n) is 3.83. The van der Waals surface area contributed by atoms with Crippen molar-refractivity contribution in [3.8, 4) is 22.8 Å². The third-order valence-corrected chi connectivity index (χ3v) is 4.08. The van der Waals surface area contributed by atoms with Crippen molar-refractivity contribution in [1.82, 2.24) is 9.78 Å². The minimum atomic E-state index is 0.0213. The molecule has 0 saturated carbocycles. The highest BCUT2D eigenvalue weighted by atomic mass is 35.5. The van der Waals surface area contributed by atoms with Gasteiger partial charge in [-0.15, -0.1) is 0 Å². The van der Waals surface area contributed by atoms with E-state index in [2.05, 4.69) is 38.0 Å². The quantitative estimate of drug-likeness (QED) is 0.599. The molecule has 0 saturated heterocycles. The number of rotatable bonds is 3. The first-order valence-corrected chi connectivity index (χ1v) is 8.29. The van der Waals surface area contributed by atoms with Crippen LogP contribution in [0.3, 0.4) is 0 Å². The predicted octanol–water partition coefficient (Wildman–Crippen LogP) is 5.83. The van der Waals surface area contributed by atoms with Gasteiger partial charge in [-0.3, -0.25) is 4.68 Å². The Hall–Kier alpha value is -2.26. The van der Waals surface area contributed by atoms with E-state index in [0.29, 0.717) is 5.02 Å². The van der Waals surface area contributed by atoms with Crippen molar-refractivity contribution < 1.29 is 4.74 Å². The number of aromatic nitrogens is 2. The van der Waals surface area contributed by atoms with Gasteiger partial charge in [0.25, 0.3) is 0 Å². The second kappa shape index (κ2) is 6.33. The number of ether oxygens (including phenoxy) is 1. The van der Waals surface area contributed by atoms with E-state index >= 15 is 0 Å². The fourth-order valence-corrected chi connectivity index (χ4v) is 2.59. The van der Waals surface area contributed by atoms with E-state index in [-0.39, 0.29) is 5.41 Å². The smallest absolute Gasteiger partial charge is 0.128 e. The molecular weight excluding hydrogens is 320 g/mol. The summed E-state index contributed by atoms with van der Waals surface area (Å²) in [6.07, 6.45) is 0. The minimum Gasteiger partial charge on any atom is -0.457 e. The summed E-state index contributed by atoms with van der Waals surface area (Å²) in [5, 5.41) is 5.34. The molecule has 4 heteroatoms. The van der Waals surface area contributed by atoms with E-state index in [1.807, 2.05) is 54.2 Å². The van der Waals surface area contributed by atoms with E-state index in [9.17, 15) is 0 Å². The molecule has 3 nitrogen and oxygen atoms in total. The summed E-state index contributed by atoms with van der Waals surface area (Å²) in [5.74, 6) is 1.55. The van der Waals surface area contributed by atoms with Gasteiger partial charge in [0.15, 0.2) is 0 Å². The number of aryl methyl sites for hydroxylation is 1. The fourth-order valence-electron chi connectivity index (χ4n) is 2.46. The van der Waals surface area contributed by atoms with Crippen LogP contribution in [0.4, 0.5) is 0 Å². The maximum atomic E-state index is 5.92. The maximum Gasteiger partial charge on any atom is 0.128 e. The second-order valence-electron chi connectivity index (χ2n) is 6.87. The van der Waals surface area contributed by atoms with Crippen molar-refractivity contribution in [1.29, 1.82) is 0 Å². The molecule has 0 fully saturated rings. The number of benzene rings is 2. The Bertz CT molecular complexity index is 845. The summed E-state index contributed by atoms with van der Waals surface area (Å²) in [7, 11) is 1.97. The van der Waals surface area contributed by atoms with E-state index in [4.69, 9.17) is 16.3 Å². The Labute approximate surface area is 147 Å². The molecule has 0 aliphatic carbocycles. The number of hydrogen-bond acceptors (Lipinski definition) is 2. The monoisotopic (exact) mass is 340 g/mol. The Balaban J connectivity index is 1.90. The van der Waals surface area contributed by atoms with Crippen LogP contribution in [0.15, 0.2) is 54.6 Å². The molecule has 0 radical (unpaired) electrons. The lowest BCUT2D eigenvalue weighted by atomic mass is 9.92. The highest BCUT2D eigenvalue weighted by molar-refractivity contribution is 6.30. The van der Waals surface area contributed by atoms with Gasteiger partial charge in [0.2, 0.25) is 0 Å². The molecule has 0 aliphatic rings. The first-order chi connectivity index (χ1) is 11.3. The fraction of sp³-hybridized carbons (Fsp3) is 0.250. The van der Waals surface area contributed by atoms with Crippen LogP contribution >= 0.6 is 11.6 Å². The summed E-state index contributed by atoms with van der Waals surface area (Å²) in [5.41, 5.74) is 3.24. The van der Waals surface area contributed by atoms with Crippen LogP contribution in [-0.2, 0) is 12.5 Å². The zero-order valence-corrected chi connectivity index (χ0v) is 15.1. The van der Waals surface area contributed by atoms with Crippen molar-refractivity contribution >= 4 is 11.6 Å². The molecule has 0 aliphatic heterocycles. The lowest BCUT2D eigenvalue weighted by Gasteiger charge is -2.13. The van der Waals surface area contributed by atoms with Gasteiger partial charge in [-0.1, -0.05) is 44.5 Å². The van der Waals surface area contributed by atoms with Crippen molar-refractivity contribution in [2.45, 2.75) is 26.2 Å². The molecule has 124 valence electrons. The molecule has 1 heterocycles. The molecule has 3 aromatic rings. The molecule has 0 bridgehead atoms. The lowest BCUT2D eigenvalue weighted by Crippen LogP contribution is -2.12. The van der Waals surface area contributed by atoms with Gasteiger partial charge in [-0.25, -0.2) is 0 Å². The molecule has 0 atom stereocenters. The summed E-state index contributed by atoms with van der Waals surface area (Å²) >= 11 is 5.91. The summed E-state index contributed by atoms with van der Waals surface area (Å²) in [6, 6.07) is 17.5. The van der Waals surface area contributed by atoms with Crippen molar-refractivity contribution in [3.05, 3.63) is 65.3 Å². The largest absolute Gasteiger partial charge is 0.457 e. The predicted molar refractivity (Wildman–Crippen MR) is 98.9 cm³/mol. The normalized spacial score (nSPS) is 11.5. The molecule has 0 spiro atoms. The van der Waals surface area contributed by atoms with Crippen molar-refractivity contribution in [2.24, 2.45) is 7.05 Å². The van der Waals surface area contributed by atoms with Crippen LogP contribution in [0.25, 0.3) is 11.3 Å². The van der Waals surface area contributed by atoms with Gasteiger partial charge in [0.05, 0.1) is 11.4 Å². The van der Waals surface area contributed by atoms with E-state index in [1.54, 1.807) is 0 Å². The number of nitrogens with zero attached hydrogens (tertiary/aromatic N) is 2. The second-order valence-corrected chi connectivity index (χ2v) is 7.31. The Kier molecular flexibility index (Phi) is 4.37. The van der Waals surface area contributed by atoms with Gasteiger partial charge in [0.1, 0.15) is 11.5 Å². The molecular formula is C20H21ClN2O. The van der Waals surface area contributed by atoms with Crippen LogP contribution in [0.5, 0.6) is 11.5 Å². The van der Waals surface area contributed by atoms with Crippen LogP contribution in [0.2, 0.25) is 5.02 Å². The van der Waals surface area contributed by atoms with Crippen LogP contribution in [0, 0.1) is 0 Å². The molecule has 1 aromatic heterocycles. The Morgan fingerprint density at radius 3 is 2.29 bits per heavy atom. The van der Waals surface area contributed by atoms with Gasteiger partial charge in [-0.05, 0) is 42.5 Å². The average molecular weight is 341 g/mol. The van der Waals surface area contributed by atoms with Crippen LogP contribution in [0.1, 0.15) is 26.5 Å². The molecule has 0 N–H and O–H groups in total. The standard InChI is InChI=1S/C20H21ClN2O/c1-20(2,3)19-13-18(23(4)22-19)14-6-5-7-17(12-14)24-16-10-8-15(21)9-11-16/h5-13H,1-4H3. The minimum absolute atomic E-state index is 0.0213. The zero-order chi connectivity index (χ0) is 17.3. The topological polar surface area (TPSA) is 27.1 Å². The molecule has 24 heavy (non-hydrogen) atoms. The summed E-state index contributed by atoms with van der Waals surface area (Å²) < 4.78 is 7.84. The van der Waals surface area contributed by atoms with E-state index < -0.39 is 0 Å². The third kappa shape index (κ3) is 3.62. The number of halogens is 1. The van der Waals surface area contributed by atoms with Gasteiger partial charge < -0.3 is 4.74 Å². The van der Waals surface area contributed by atoms with Crippen molar-refractivity contribution in [3.63, 3.8) is 0 Å². The highest BCUT2D eigenvalue weighted by Gasteiger charge is 2.19. The van der Waals surface area contributed by atoms with Gasteiger partial charge in [0, 0.05) is 23.0 Å². The molecule has 0 unspecified atom stereocenters. The van der Waals surface area contributed by atoms with Crippen LogP contribution in [-0.4, -0.2) is 9.78 Å². The first-order valence-electron chi connectivity index (χ1n) is 7.91. The molecule has 2 aromatic carbocycles. The Morgan fingerprint density at radius 2 is 1.67 bits per heavy atom. The average Bonchev–Trinajstić information content (AvgIpc) is 2.92. The highest BCUT2D eigenvalue weighted by Crippen LogP contribution is 2.30.